The lowest BCUT2D eigenvalue weighted by Crippen LogP contribution is -2.25. The van der Waals surface area contributed by atoms with Gasteiger partial charge in [-0.25, -0.2) is 4.39 Å². The van der Waals surface area contributed by atoms with Crippen molar-refractivity contribution in [2.24, 2.45) is 0 Å². The molecule has 2 rings (SSSR count). The Morgan fingerprint density at radius 3 is 2.83 bits per heavy atom. The number of carbonyl (C=O) groups is 1. The Morgan fingerprint density at radius 2 is 2.22 bits per heavy atom. The van der Waals surface area contributed by atoms with Crippen LogP contribution in [0.3, 0.4) is 0 Å². The largest absolute Gasteiger partial charge is 0.396 e. The van der Waals surface area contributed by atoms with Crippen LogP contribution in [-0.4, -0.2) is 17.9 Å². The van der Waals surface area contributed by atoms with Crippen molar-refractivity contribution in [3.63, 3.8) is 0 Å². The Hall–Kier alpha value is -1.88. The monoisotopic (exact) mass is 264 g/mol. The number of nitrogen functional groups attached to an aromatic ring is 1. The molecule has 94 valence electrons. The maximum Gasteiger partial charge on any atom is 0.254 e. The molecule has 0 spiro atoms. The van der Waals surface area contributed by atoms with E-state index in [0.717, 1.165) is 4.88 Å². The Labute approximate surface area is 109 Å². The summed E-state index contributed by atoms with van der Waals surface area (Å²) in [5, 5.41) is 1.96. The van der Waals surface area contributed by atoms with E-state index in [9.17, 15) is 9.18 Å². The molecule has 0 bridgehead atoms. The number of hydrogen-bond donors (Lipinski definition) is 1. The maximum absolute atomic E-state index is 13.0. The smallest absolute Gasteiger partial charge is 0.254 e. The van der Waals surface area contributed by atoms with E-state index in [4.69, 9.17) is 5.73 Å². The van der Waals surface area contributed by atoms with Crippen molar-refractivity contribution in [2.45, 2.75) is 6.54 Å². The lowest BCUT2D eigenvalue weighted by Gasteiger charge is -2.16. The molecule has 0 saturated heterocycles. The number of amides is 1. The number of thiophene rings is 1. The lowest BCUT2D eigenvalue weighted by atomic mass is 10.1. The van der Waals surface area contributed by atoms with Crippen molar-refractivity contribution in [1.29, 1.82) is 0 Å². The first-order valence-corrected chi connectivity index (χ1v) is 6.29. The summed E-state index contributed by atoms with van der Waals surface area (Å²) in [4.78, 5) is 14.8. The number of carbonyl (C=O) groups excluding carboxylic acids is 1. The zero-order valence-electron chi connectivity index (χ0n) is 9.89. The highest BCUT2D eigenvalue weighted by atomic mass is 32.1. The molecule has 0 aliphatic carbocycles. The van der Waals surface area contributed by atoms with Crippen LogP contribution in [0.2, 0.25) is 0 Å². The van der Waals surface area contributed by atoms with Gasteiger partial charge in [0.25, 0.3) is 5.91 Å². The zero-order chi connectivity index (χ0) is 13.1. The number of hydrogen-bond acceptors (Lipinski definition) is 3. The molecule has 1 amide bonds. The van der Waals surface area contributed by atoms with Gasteiger partial charge in [-0.1, -0.05) is 6.07 Å². The van der Waals surface area contributed by atoms with Crippen molar-refractivity contribution in [3.8, 4) is 0 Å². The van der Waals surface area contributed by atoms with Crippen molar-refractivity contribution in [1.82, 2.24) is 4.90 Å². The fourth-order valence-electron chi connectivity index (χ4n) is 1.61. The van der Waals surface area contributed by atoms with Gasteiger partial charge >= 0.3 is 0 Å². The molecule has 1 aromatic heterocycles. The van der Waals surface area contributed by atoms with Crippen LogP contribution in [0, 0.1) is 5.82 Å². The molecule has 3 nitrogen and oxygen atoms in total. The van der Waals surface area contributed by atoms with Crippen LogP contribution in [0.4, 0.5) is 10.1 Å². The summed E-state index contributed by atoms with van der Waals surface area (Å²) in [6.07, 6.45) is 0. The average molecular weight is 264 g/mol. The van der Waals surface area contributed by atoms with Gasteiger partial charge < -0.3 is 10.6 Å². The molecular weight excluding hydrogens is 251 g/mol. The molecule has 1 heterocycles. The molecule has 0 radical (unpaired) electrons. The SMILES string of the molecule is CN(Cc1cccs1)C(=O)c1ccc(F)c(N)c1. The minimum Gasteiger partial charge on any atom is -0.396 e. The normalized spacial score (nSPS) is 10.3. The number of nitrogens with two attached hydrogens (primary N) is 1. The molecule has 5 heteroatoms. The molecule has 2 aromatic rings. The van der Waals surface area contributed by atoms with Crippen LogP contribution in [0.1, 0.15) is 15.2 Å². The topological polar surface area (TPSA) is 46.3 Å². The third-order valence-electron chi connectivity index (χ3n) is 2.56. The van der Waals surface area contributed by atoms with Gasteiger partial charge in [0.05, 0.1) is 12.2 Å². The quantitative estimate of drug-likeness (QED) is 0.866. The third-order valence-corrected chi connectivity index (χ3v) is 3.42. The van der Waals surface area contributed by atoms with E-state index in [0.29, 0.717) is 12.1 Å². The Balaban J connectivity index is 2.12. The van der Waals surface area contributed by atoms with Gasteiger partial charge in [0, 0.05) is 17.5 Å². The van der Waals surface area contributed by atoms with Crippen LogP contribution in [-0.2, 0) is 6.54 Å². The van der Waals surface area contributed by atoms with Crippen LogP contribution in [0.25, 0.3) is 0 Å². The molecule has 0 saturated carbocycles. The first-order valence-electron chi connectivity index (χ1n) is 5.41. The van der Waals surface area contributed by atoms with Gasteiger partial charge in [0.2, 0.25) is 0 Å². The molecule has 2 N–H and O–H groups in total. The van der Waals surface area contributed by atoms with Crippen LogP contribution in [0.15, 0.2) is 35.7 Å². The Morgan fingerprint density at radius 1 is 1.44 bits per heavy atom. The number of nitrogens with zero attached hydrogens (tertiary/aromatic N) is 1. The first kappa shape index (κ1) is 12.6. The van der Waals surface area contributed by atoms with Crippen LogP contribution >= 0.6 is 11.3 Å². The van der Waals surface area contributed by atoms with Crippen LogP contribution in [0.5, 0.6) is 0 Å². The summed E-state index contributed by atoms with van der Waals surface area (Å²) in [5.41, 5.74) is 5.84. The molecule has 0 aliphatic heterocycles. The van der Waals surface area contributed by atoms with Crippen LogP contribution < -0.4 is 5.73 Å². The highest BCUT2D eigenvalue weighted by Crippen LogP contribution is 2.16. The van der Waals surface area contributed by atoms with E-state index < -0.39 is 5.82 Å². The Kier molecular flexibility index (Phi) is 3.62. The number of rotatable bonds is 3. The first-order chi connectivity index (χ1) is 8.58. The van der Waals surface area contributed by atoms with E-state index in [1.165, 1.54) is 18.2 Å². The van der Waals surface area contributed by atoms with Crippen molar-refractivity contribution < 1.29 is 9.18 Å². The number of benzene rings is 1. The van der Waals surface area contributed by atoms with Crippen molar-refractivity contribution in [2.75, 3.05) is 12.8 Å². The summed E-state index contributed by atoms with van der Waals surface area (Å²) >= 11 is 1.59. The van der Waals surface area contributed by atoms with Gasteiger partial charge in [-0.05, 0) is 29.6 Å². The minimum absolute atomic E-state index is 0.00891. The van der Waals surface area contributed by atoms with Gasteiger partial charge in [0.15, 0.2) is 0 Å². The Bertz CT molecular complexity index is 554. The molecule has 0 fully saturated rings. The van der Waals surface area contributed by atoms with E-state index in [1.807, 2.05) is 17.5 Å². The zero-order valence-corrected chi connectivity index (χ0v) is 10.7. The maximum atomic E-state index is 13.0. The highest BCUT2D eigenvalue weighted by Gasteiger charge is 2.13. The summed E-state index contributed by atoms with van der Waals surface area (Å²) in [5.74, 6) is -0.678. The van der Waals surface area contributed by atoms with Crippen molar-refractivity contribution >= 4 is 22.9 Å². The molecule has 0 unspecified atom stereocenters. The summed E-state index contributed by atoms with van der Waals surface area (Å²) in [6, 6.07) is 7.92. The predicted molar refractivity (Wildman–Crippen MR) is 70.9 cm³/mol. The average Bonchev–Trinajstić information content (AvgIpc) is 2.84. The molecule has 1 aromatic carbocycles. The lowest BCUT2D eigenvalue weighted by molar-refractivity contribution is 0.0786. The second kappa shape index (κ2) is 5.18. The summed E-state index contributed by atoms with van der Waals surface area (Å²) in [7, 11) is 1.71. The fourth-order valence-corrected chi connectivity index (χ4v) is 2.36. The third kappa shape index (κ3) is 2.68. The molecular formula is C13H13FN2OS. The predicted octanol–water partition coefficient (Wildman–Crippen LogP) is 2.74. The number of anilines is 1. The molecule has 0 atom stereocenters. The fraction of sp³-hybridized carbons (Fsp3) is 0.154. The number of halogens is 1. The summed E-state index contributed by atoms with van der Waals surface area (Å²) < 4.78 is 13.0. The molecule has 18 heavy (non-hydrogen) atoms. The second-order valence-electron chi connectivity index (χ2n) is 3.98. The van der Waals surface area contributed by atoms with E-state index >= 15 is 0 Å². The van der Waals surface area contributed by atoms with Gasteiger partial charge in [-0.3, -0.25) is 4.79 Å². The van der Waals surface area contributed by atoms with Gasteiger partial charge in [-0.2, -0.15) is 0 Å². The van der Waals surface area contributed by atoms with Gasteiger partial charge in [0.1, 0.15) is 5.82 Å². The van der Waals surface area contributed by atoms with E-state index in [-0.39, 0.29) is 11.6 Å². The van der Waals surface area contributed by atoms with E-state index in [1.54, 1.807) is 23.3 Å². The standard InChI is InChI=1S/C13H13FN2OS/c1-16(8-10-3-2-6-18-10)13(17)9-4-5-11(14)12(15)7-9/h2-7H,8,15H2,1H3. The summed E-state index contributed by atoms with van der Waals surface area (Å²) in [6.45, 7) is 0.535. The van der Waals surface area contributed by atoms with Gasteiger partial charge in [-0.15, -0.1) is 11.3 Å². The second-order valence-corrected chi connectivity index (χ2v) is 5.01. The minimum atomic E-state index is -0.507. The molecule has 0 aliphatic rings. The van der Waals surface area contributed by atoms with Crippen molar-refractivity contribution in [3.05, 3.63) is 52.0 Å². The highest BCUT2D eigenvalue weighted by molar-refractivity contribution is 7.09. The van der Waals surface area contributed by atoms with E-state index in [2.05, 4.69) is 0 Å².